The minimum atomic E-state index is -0.633. The lowest BCUT2D eigenvalue weighted by atomic mass is 10.1. The highest BCUT2D eigenvalue weighted by Gasteiger charge is 2.17. The molecule has 0 spiro atoms. The molecule has 1 aromatic carbocycles. The first kappa shape index (κ1) is 19.6. The molecular formula is C17H26N4O3. The van der Waals surface area contributed by atoms with Crippen molar-refractivity contribution >= 4 is 17.7 Å². The molecule has 0 radical (unpaired) electrons. The first-order valence-corrected chi connectivity index (χ1v) is 8.02. The molecule has 7 nitrogen and oxygen atoms in total. The van der Waals surface area contributed by atoms with Crippen LogP contribution in [0.5, 0.6) is 0 Å². The Morgan fingerprint density at radius 1 is 1.12 bits per heavy atom. The van der Waals surface area contributed by atoms with Gasteiger partial charge in [-0.1, -0.05) is 26.0 Å². The zero-order valence-electron chi connectivity index (χ0n) is 14.4. The van der Waals surface area contributed by atoms with Crippen molar-refractivity contribution in [3.8, 4) is 0 Å². The first-order valence-electron chi connectivity index (χ1n) is 8.02. The zero-order chi connectivity index (χ0) is 18.1. The third-order valence-corrected chi connectivity index (χ3v) is 3.46. The third-order valence-electron chi connectivity index (χ3n) is 3.46. The van der Waals surface area contributed by atoms with Crippen LogP contribution < -0.4 is 21.7 Å². The average molecular weight is 334 g/mol. The van der Waals surface area contributed by atoms with Crippen LogP contribution in [0, 0.1) is 5.92 Å². The maximum absolute atomic E-state index is 11.8. The summed E-state index contributed by atoms with van der Waals surface area (Å²) in [5.74, 6) is -0.813. The second kappa shape index (κ2) is 9.67. The molecule has 3 amide bonds. The number of nitrogens with two attached hydrogens (primary N) is 1. The van der Waals surface area contributed by atoms with Crippen LogP contribution in [0.3, 0.4) is 0 Å². The van der Waals surface area contributed by atoms with Crippen LogP contribution in [0.15, 0.2) is 24.3 Å². The predicted molar refractivity (Wildman–Crippen MR) is 92.1 cm³/mol. The van der Waals surface area contributed by atoms with E-state index in [0.717, 1.165) is 5.56 Å². The molecule has 7 heteroatoms. The molecule has 24 heavy (non-hydrogen) atoms. The van der Waals surface area contributed by atoms with Gasteiger partial charge in [0.25, 0.3) is 5.91 Å². The van der Waals surface area contributed by atoms with Crippen molar-refractivity contribution in [3.05, 3.63) is 35.4 Å². The number of carbonyl (C=O) groups excluding carboxylic acids is 3. The minimum absolute atomic E-state index is 0.00469. The predicted octanol–water partition coefficient (Wildman–Crippen LogP) is 0.152. The molecule has 0 aromatic heterocycles. The quantitative estimate of drug-likeness (QED) is 0.542. The number of rotatable bonds is 8. The molecular weight excluding hydrogens is 308 g/mol. The normalized spacial score (nSPS) is 11.7. The second-order valence-corrected chi connectivity index (χ2v) is 5.82. The van der Waals surface area contributed by atoms with E-state index in [2.05, 4.69) is 16.0 Å². The van der Waals surface area contributed by atoms with Crippen LogP contribution in [0.4, 0.5) is 0 Å². The molecule has 0 fully saturated rings. The number of hydrogen-bond acceptors (Lipinski definition) is 4. The molecule has 1 aromatic rings. The van der Waals surface area contributed by atoms with Crippen molar-refractivity contribution < 1.29 is 14.4 Å². The Labute approximate surface area is 142 Å². The van der Waals surface area contributed by atoms with Gasteiger partial charge in [0.15, 0.2) is 0 Å². The summed E-state index contributed by atoms with van der Waals surface area (Å²) in [7, 11) is 0. The summed E-state index contributed by atoms with van der Waals surface area (Å²) in [6.45, 7) is 6.23. The fourth-order valence-electron chi connectivity index (χ4n) is 1.94. The highest BCUT2D eigenvalue weighted by atomic mass is 16.2. The Hall–Kier alpha value is -2.41. The summed E-state index contributed by atoms with van der Waals surface area (Å²) in [5, 5.41) is 7.92. The molecule has 132 valence electrons. The number of hydrogen-bond donors (Lipinski definition) is 4. The Kier molecular flexibility index (Phi) is 7.91. The summed E-state index contributed by atoms with van der Waals surface area (Å²) >= 11 is 0. The van der Waals surface area contributed by atoms with Crippen molar-refractivity contribution in [3.63, 3.8) is 0 Å². The highest BCUT2D eigenvalue weighted by Crippen LogP contribution is 2.05. The summed E-state index contributed by atoms with van der Waals surface area (Å²) in [6.07, 6.45) is 0. The van der Waals surface area contributed by atoms with E-state index < -0.39 is 6.04 Å². The smallest absolute Gasteiger partial charge is 0.251 e. The van der Waals surface area contributed by atoms with E-state index in [1.807, 2.05) is 26.8 Å². The molecule has 0 saturated heterocycles. The Morgan fingerprint density at radius 2 is 1.83 bits per heavy atom. The van der Waals surface area contributed by atoms with Crippen LogP contribution in [-0.2, 0) is 16.1 Å². The van der Waals surface area contributed by atoms with E-state index in [4.69, 9.17) is 5.73 Å². The van der Waals surface area contributed by atoms with Gasteiger partial charge in [-0.25, -0.2) is 0 Å². The zero-order valence-corrected chi connectivity index (χ0v) is 14.4. The molecule has 1 atom stereocenters. The van der Waals surface area contributed by atoms with Gasteiger partial charge in [-0.05, 0) is 30.5 Å². The van der Waals surface area contributed by atoms with Crippen LogP contribution in [0.1, 0.15) is 36.7 Å². The van der Waals surface area contributed by atoms with Gasteiger partial charge in [0.05, 0.1) is 12.6 Å². The largest absolute Gasteiger partial charge is 0.352 e. The maximum atomic E-state index is 11.8. The topological polar surface area (TPSA) is 113 Å². The van der Waals surface area contributed by atoms with Crippen molar-refractivity contribution in [1.29, 1.82) is 0 Å². The highest BCUT2D eigenvalue weighted by molar-refractivity contribution is 5.94. The van der Waals surface area contributed by atoms with Gasteiger partial charge >= 0.3 is 0 Å². The molecule has 0 aliphatic heterocycles. The van der Waals surface area contributed by atoms with Gasteiger partial charge < -0.3 is 21.7 Å². The van der Waals surface area contributed by atoms with Gasteiger partial charge in [-0.2, -0.15) is 0 Å². The van der Waals surface area contributed by atoms with Crippen LogP contribution >= 0.6 is 0 Å². The van der Waals surface area contributed by atoms with Crippen LogP contribution in [-0.4, -0.2) is 36.9 Å². The molecule has 0 heterocycles. The lowest BCUT2D eigenvalue weighted by Gasteiger charge is -2.15. The van der Waals surface area contributed by atoms with Gasteiger partial charge in [0, 0.05) is 18.7 Å². The van der Waals surface area contributed by atoms with E-state index in [1.165, 1.54) is 0 Å². The van der Waals surface area contributed by atoms with Gasteiger partial charge in [-0.3, -0.25) is 14.4 Å². The van der Waals surface area contributed by atoms with E-state index >= 15 is 0 Å². The fourth-order valence-corrected chi connectivity index (χ4v) is 1.94. The first-order chi connectivity index (χ1) is 11.3. The van der Waals surface area contributed by atoms with E-state index in [1.54, 1.807) is 18.2 Å². The third kappa shape index (κ3) is 6.37. The maximum Gasteiger partial charge on any atom is 0.251 e. The molecule has 0 unspecified atom stereocenters. The number of carbonyl (C=O) groups is 3. The summed E-state index contributed by atoms with van der Waals surface area (Å²) < 4.78 is 0. The number of nitrogens with one attached hydrogen (secondary N) is 3. The van der Waals surface area contributed by atoms with Crippen LogP contribution in [0.25, 0.3) is 0 Å². The molecule has 0 aliphatic rings. The van der Waals surface area contributed by atoms with Gasteiger partial charge in [0.1, 0.15) is 0 Å². The summed E-state index contributed by atoms with van der Waals surface area (Å²) in [4.78, 5) is 35.2. The minimum Gasteiger partial charge on any atom is -0.352 e. The molecule has 1 rings (SSSR count). The monoisotopic (exact) mass is 334 g/mol. The fraction of sp³-hybridized carbons (Fsp3) is 0.471. The SMILES string of the molecule is CCNC(=O)c1cccc(CNC(=O)CNC(=O)[C@@H](N)C(C)C)c1. The van der Waals surface area contributed by atoms with Crippen molar-refractivity contribution in [2.45, 2.75) is 33.4 Å². The van der Waals surface area contributed by atoms with E-state index in [-0.39, 0.29) is 36.7 Å². The van der Waals surface area contributed by atoms with Crippen LogP contribution in [0.2, 0.25) is 0 Å². The Bertz CT molecular complexity index is 587. The van der Waals surface area contributed by atoms with Gasteiger partial charge in [-0.15, -0.1) is 0 Å². The molecule has 0 aliphatic carbocycles. The van der Waals surface area contributed by atoms with Crippen molar-refractivity contribution in [1.82, 2.24) is 16.0 Å². The average Bonchev–Trinajstić information content (AvgIpc) is 2.57. The molecule has 5 N–H and O–H groups in total. The summed E-state index contributed by atoms with van der Waals surface area (Å²) in [6, 6.07) is 6.38. The van der Waals surface area contributed by atoms with E-state index in [9.17, 15) is 14.4 Å². The standard InChI is InChI=1S/C17H26N4O3/c1-4-19-16(23)13-7-5-6-12(8-13)9-20-14(22)10-21-17(24)15(18)11(2)3/h5-8,11,15H,4,9-10,18H2,1-3H3,(H,19,23)(H,20,22)(H,21,24)/t15-/m0/s1. The Morgan fingerprint density at radius 3 is 2.46 bits per heavy atom. The molecule has 0 bridgehead atoms. The lowest BCUT2D eigenvalue weighted by Crippen LogP contribution is -2.47. The number of benzene rings is 1. The summed E-state index contributed by atoms with van der Waals surface area (Å²) in [5.41, 5.74) is 7.04. The number of amides is 3. The van der Waals surface area contributed by atoms with Gasteiger partial charge in [0.2, 0.25) is 11.8 Å². The van der Waals surface area contributed by atoms with E-state index in [0.29, 0.717) is 12.1 Å². The van der Waals surface area contributed by atoms with Crippen molar-refractivity contribution in [2.75, 3.05) is 13.1 Å². The molecule has 0 saturated carbocycles. The lowest BCUT2D eigenvalue weighted by molar-refractivity contribution is -0.127. The second-order valence-electron chi connectivity index (χ2n) is 5.82. The van der Waals surface area contributed by atoms with Crippen molar-refractivity contribution in [2.24, 2.45) is 11.7 Å². The Balaban J connectivity index is 2.46.